The fourth-order valence-corrected chi connectivity index (χ4v) is 2.47. The molecular weight excluding hydrogens is 276 g/mol. The Kier molecular flexibility index (Phi) is 2.95. The largest absolute Gasteiger partial charge is 0.478 e. The van der Waals surface area contributed by atoms with E-state index in [2.05, 4.69) is 9.97 Å². The summed E-state index contributed by atoms with van der Waals surface area (Å²) in [5.41, 5.74) is 3.79. The third-order valence-electron chi connectivity index (χ3n) is 3.21. The van der Waals surface area contributed by atoms with Crippen molar-refractivity contribution in [3.63, 3.8) is 0 Å². The summed E-state index contributed by atoms with van der Waals surface area (Å²) >= 11 is 5.98. The molecule has 0 saturated carbocycles. The highest BCUT2D eigenvalue weighted by atomic mass is 35.5. The highest BCUT2D eigenvalue weighted by Crippen LogP contribution is 2.32. The zero-order chi connectivity index (χ0) is 14.3. The summed E-state index contributed by atoms with van der Waals surface area (Å²) in [6, 6.07) is 8.89. The predicted octanol–water partition coefficient (Wildman–Crippen LogP) is 3.89. The number of H-pyrrole nitrogens is 1. The van der Waals surface area contributed by atoms with Gasteiger partial charge in [0.25, 0.3) is 0 Å². The van der Waals surface area contributed by atoms with Gasteiger partial charge >= 0.3 is 5.97 Å². The first-order chi connectivity index (χ1) is 9.56. The van der Waals surface area contributed by atoms with E-state index in [1.54, 1.807) is 12.1 Å². The van der Waals surface area contributed by atoms with Gasteiger partial charge in [-0.05, 0) is 31.2 Å². The number of rotatable bonds is 2. The Morgan fingerprint density at radius 2 is 2.10 bits per heavy atom. The van der Waals surface area contributed by atoms with Gasteiger partial charge in [-0.25, -0.2) is 4.79 Å². The summed E-state index contributed by atoms with van der Waals surface area (Å²) in [5.74, 6) is -0.980. The van der Waals surface area contributed by atoms with Gasteiger partial charge in [0, 0.05) is 33.4 Å². The third-order valence-corrected chi connectivity index (χ3v) is 3.45. The van der Waals surface area contributed by atoms with Crippen molar-refractivity contribution in [1.82, 2.24) is 9.97 Å². The molecule has 4 nitrogen and oxygen atoms in total. The number of carboxylic acids is 1. The number of aromatic carboxylic acids is 1. The van der Waals surface area contributed by atoms with Crippen LogP contribution in [0.5, 0.6) is 0 Å². The van der Waals surface area contributed by atoms with Crippen molar-refractivity contribution in [2.24, 2.45) is 0 Å². The Bertz CT molecular complexity index is 807. The molecule has 0 fully saturated rings. The molecule has 0 aliphatic rings. The highest BCUT2D eigenvalue weighted by molar-refractivity contribution is 6.31. The number of pyridine rings is 1. The second-order valence-electron chi connectivity index (χ2n) is 4.55. The topological polar surface area (TPSA) is 66.0 Å². The van der Waals surface area contributed by atoms with Crippen LogP contribution in [0, 0.1) is 6.92 Å². The van der Waals surface area contributed by atoms with Gasteiger partial charge in [-0.1, -0.05) is 17.7 Å². The van der Waals surface area contributed by atoms with E-state index in [1.807, 2.05) is 25.1 Å². The van der Waals surface area contributed by atoms with Crippen LogP contribution in [0.3, 0.4) is 0 Å². The van der Waals surface area contributed by atoms with Gasteiger partial charge in [0.2, 0.25) is 0 Å². The Balaban J connectivity index is 2.18. The van der Waals surface area contributed by atoms with E-state index in [4.69, 9.17) is 16.7 Å². The average molecular weight is 287 g/mol. The van der Waals surface area contributed by atoms with E-state index >= 15 is 0 Å². The number of benzene rings is 1. The molecule has 0 atom stereocenters. The minimum atomic E-state index is -0.980. The second-order valence-corrected chi connectivity index (χ2v) is 4.99. The van der Waals surface area contributed by atoms with Crippen LogP contribution in [-0.2, 0) is 0 Å². The summed E-state index contributed by atoms with van der Waals surface area (Å²) < 4.78 is 0. The molecule has 100 valence electrons. The number of nitrogens with zero attached hydrogens (tertiary/aromatic N) is 1. The first-order valence-corrected chi connectivity index (χ1v) is 6.41. The van der Waals surface area contributed by atoms with Crippen molar-refractivity contribution in [3.8, 4) is 11.3 Å². The lowest BCUT2D eigenvalue weighted by Crippen LogP contribution is -1.97. The van der Waals surface area contributed by atoms with Gasteiger partial charge in [0.15, 0.2) is 0 Å². The first kappa shape index (κ1) is 12.7. The van der Waals surface area contributed by atoms with Gasteiger partial charge in [-0.2, -0.15) is 0 Å². The van der Waals surface area contributed by atoms with E-state index in [-0.39, 0.29) is 5.56 Å². The zero-order valence-electron chi connectivity index (χ0n) is 10.6. The molecular formula is C15H11ClN2O2. The summed E-state index contributed by atoms with van der Waals surface area (Å²) in [5, 5.41) is 10.6. The Labute approximate surface area is 120 Å². The molecule has 0 saturated heterocycles. The molecule has 0 spiro atoms. The zero-order valence-corrected chi connectivity index (χ0v) is 11.4. The van der Waals surface area contributed by atoms with Crippen LogP contribution in [0.1, 0.15) is 16.1 Å². The molecule has 20 heavy (non-hydrogen) atoms. The maximum absolute atomic E-state index is 10.9. The van der Waals surface area contributed by atoms with E-state index < -0.39 is 5.97 Å². The van der Waals surface area contributed by atoms with Crippen LogP contribution < -0.4 is 0 Å². The minimum Gasteiger partial charge on any atom is -0.478 e. The summed E-state index contributed by atoms with van der Waals surface area (Å²) in [7, 11) is 0. The van der Waals surface area contributed by atoms with Crippen molar-refractivity contribution < 1.29 is 9.90 Å². The maximum Gasteiger partial charge on any atom is 0.337 e. The molecule has 0 unspecified atom stereocenters. The fourth-order valence-electron chi connectivity index (χ4n) is 2.30. The van der Waals surface area contributed by atoms with Gasteiger partial charge in [0.05, 0.1) is 11.3 Å². The highest BCUT2D eigenvalue weighted by Gasteiger charge is 2.12. The average Bonchev–Trinajstić information content (AvgIpc) is 2.73. The second kappa shape index (κ2) is 4.65. The number of carboxylic acid groups (broad SMARTS) is 1. The molecule has 2 aromatic heterocycles. The van der Waals surface area contributed by atoms with Crippen LogP contribution in [-0.4, -0.2) is 21.0 Å². The van der Waals surface area contributed by atoms with Gasteiger partial charge in [-0.15, -0.1) is 0 Å². The normalized spacial score (nSPS) is 10.9. The van der Waals surface area contributed by atoms with Crippen LogP contribution in [0.15, 0.2) is 36.5 Å². The lowest BCUT2D eigenvalue weighted by atomic mass is 10.1. The van der Waals surface area contributed by atoms with Crippen molar-refractivity contribution in [2.75, 3.05) is 0 Å². The molecule has 3 aromatic rings. The Morgan fingerprint density at radius 3 is 2.75 bits per heavy atom. The molecule has 2 heterocycles. The number of hydrogen-bond donors (Lipinski definition) is 2. The van der Waals surface area contributed by atoms with Crippen LogP contribution >= 0.6 is 11.6 Å². The first-order valence-electron chi connectivity index (χ1n) is 6.04. The Morgan fingerprint density at radius 1 is 1.30 bits per heavy atom. The number of aromatic amines is 1. The van der Waals surface area contributed by atoms with Crippen molar-refractivity contribution in [3.05, 3.63) is 52.8 Å². The fraction of sp³-hybridized carbons (Fsp3) is 0.0667. The smallest absolute Gasteiger partial charge is 0.337 e. The molecule has 5 heteroatoms. The lowest BCUT2D eigenvalue weighted by Gasteiger charge is -2.02. The number of hydrogen-bond acceptors (Lipinski definition) is 2. The standard InChI is InChI=1S/C15H11ClN2O2/c1-8-14(11-4-3-10(16)6-13(11)18-8)12-5-2-9(7-17-12)15(19)20/h2-7,18H,1H3,(H,19,20). The van der Waals surface area contributed by atoms with Gasteiger partial charge in [-0.3, -0.25) is 4.98 Å². The van der Waals surface area contributed by atoms with E-state index in [1.165, 1.54) is 6.20 Å². The number of nitrogens with one attached hydrogen (secondary N) is 1. The van der Waals surface area contributed by atoms with E-state index in [9.17, 15) is 4.79 Å². The van der Waals surface area contributed by atoms with Crippen LogP contribution in [0.2, 0.25) is 5.02 Å². The van der Waals surface area contributed by atoms with Gasteiger partial charge < -0.3 is 10.1 Å². The predicted molar refractivity (Wildman–Crippen MR) is 78.2 cm³/mol. The monoisotopic (exact) mass is 286 g/mol. The summed E-state index contributed by atoms with van der Waals surface area (Å²) in [6.45, 7) is 1.95. The molecule has 1 aromatic carbocycles. The number of fused-ring (bicyclic) bond motifs is 1. The number of aromatic nitrogens is 2. The summed E-state index contributed by atoms with van der Waals surface area (Å²) in [6.07, 6.45) is 1.37. The third kappa shape index (κ3) is 2.04. The quantitative estimate of drug-likeness (QED) is 0.751. The van der Waals surface area contributed by atoms with Crippen molar-refractivity contribution in [1.29, 1.82) is 0 Å². The minimum absolute atomic E-state index is 0.175. The van der Waals surface area contributed by atoms with Crippen LogP contribution in [0.25, 0.3) is 22.2 Å². The SMILES string of the molecule is Cc1[nH]c2cc(Cl)ccc2c1-c1ccc(C(=O)O)cn1. The number of carbonyl (C=O) groups is 1. The number of aryl methyl sites for hydroxylation is 1. The lowest BCUT2D eigenvalue weighted by molar-refractivity contribution is 0.0696. The number of halogens is 1. The van der Waals surface area contributed by atoms with Crippen molar-refractivity contribution in [2.45, 2.75) is 6.92 Å². The Hall–Kier alpha value is -2.33. The molecule has 0 radical (unpaired) electrons. The van der Waals surface area contributed by atoms with E-state index in [0.717, 1.165) is 27.9 Å². The molecule has 3 rings (SSSR count). The van der Waals surface area contributed by atoms with Gasteiger partial charge in [0.1, 0.15) is 0 Å². The van der Waals surface area contributed by atoms with Crippen molar-refractivity contribution >= 4 is 28.5 Å². The van der Waals surface area contributed by atoms with E-state index in [0.29, 0.717) is 5.02 Å². The molecule has 0 amide bonds. The summed E-state index contributed by atoms with van der Waals surface area (Å²) in [4.78, 5) is 18.4. The maximum atomic E-state index is 10.9. The molecule has 0 bridgehead atoms. The molecule has 2 N–H and O–H groups in total. The van der Waals surface area contributed by atoms with Crippen LogP contribution in [0.4, 0.5) is 0 Å². The molecule has 0 aliphatic carbocycles. The molecule has 0 aliphatic heterocycles.